The van der Waals surface area contributed by atoms with Gasteiger partial charge >= 0.3 is 6.18 Å². The summed E-state index contributed by atoms with van der Waals surface area (Å²) in [4.78, 5) is 0. The normalized spacial score (nSPS) is 27.0. The third-order valence-corrected chi connectivity index (χ3v) is 3.38. The van der Waals surface area contributed by atoms with Crippen LogP contribution in [0.4, 0.5) is 13.2 Å². The van der Waals surface area contributed by atoms with Crippen molar-refractivity contribution in [1.29, 1.82) is 0 Å². The number of nitrogens with one attached hydrogen (secondary N) is 1. The molecule has 0 radical (unpaired) electrons. The lowest BCUT2D eigenvalue weighted by Gasteiger charge is -2.26. The van der Waals surface area contributed by atoms with Gasteiger partial charge in [-0.05, 0) is 44.2 Å². The smallest absolute Gasteiger partial charge is 0.316 e. The molecule has 96 valence electrons. The summed E-state index contributed by atoms with van der Waals surface area (Å²) in [6, 6.07) is 0. The summed E-state index contributed by atoms with van der Waals surface area (Å²) in [5.74, 6) is 1.52. The number of rotatable bonds is 5. The van der Waals surface area contributed by atoms with Crippen LogP contribution in [0.3, 0.4) is 0 Å². The molecule has 0 aromatic rings. The topological polar surface area (TPSA) is 12.0 Å². The maximum atomic E-state index is 11.9. The molecule has 0 saturated heterocycles. The van der Waals surface area contributed by atoms with Gasteiger partial charge in [0, 0.05) is 6.42 Å². The van der Waals surface area contributed by atoms with E-state index >= 15 is 0 Å². The minimum Gasteiger partial charge on any atom is -0.316 e. The van der Waals surface area contributed by atoms with Gasteiger partial charge in [-0.25, -0.2) is 0 Å². The van der Waals surface area contributed by atoms with Crippen molar-refractivity contribution in [3.8, 4) is 0 Å². The van der Waals surface area contributed by atoms with Crippen LogP contribution in [0.2, 0.25) is 0 Å². The van der Waals surface area contributed by atoms with Crippen LogP contribution in [0.25, 0.3) is 0 Å². The van der Waals surface area contributed by atoms with Gasteiger partial charge < -0.3 is 5.32 Å². The van der Waals surface area contributed by atoms with Crippen molar-refractivity contribution < 1.29 is 13.2 Å². The van der Waals surface area contributed by atoms with Crippen molar-refractivity contribution >= 4 is 0 Å². The molecule has 1 N–H and O–H groups in total. The fourth-order valence-corrected chi connectivity index (χ4v) is 2.25. The van der Waals surface area contributed by atoms with E-state index in [1.165, 1.54) is 25.7 Å². The third kappa shape index (κ3) is 6.36. The molecule has 0 atom stereocenters. The molecule has 0 heterocycles. The summed E-state index contributed by atoms with van der Waals surface area (Å²) in [6.45, 7) is 3.66. The molecule has 1 fully saturated rings. The second-order valence-corrected chi connectivity index (χ2v) is 5.05. The van der Waals surface area contributed by atoms with E-state index in [-0.39, 0.29) is 6.42 Å². The Morgan fingerprint density at radius 2 is 1.75 bits per heavy atom. The first-order chi connectivity index (χ1) is 7.47. The van der Waals surface area contributed by atoms with E-state index in [1.807, 2.05) is 0 Å². The average Bonchev–Trinajstić information content (AvgIpc) is 2.19. The van der Waals surface area contributed by atoms with Gasteiger partial charge in [0.2, 0.25) is 0 Å². The zero-order valence-electron chi connectivity index (χ0n) is 9.95. The Bertz CT molecular complexity index is 183. The van der Waals surface area contributed by atoms with Gasteiger partial charge in [-0.1, -0.05) is 19.8 Å². The predicted molar refractivity (Wildman–Crippen MR) is 59.3 cm³/mol. The lowest BCUT2D eigenvalue weighted by Crippen LogP contribution is -2.27. The SMILES string of the molecule is CC1CCC(CNCCCC(F)(F)F)CC1. The van der Waals surface area contributed by atoms with Crippen LogP contribution in [0.5, 0.6) is 0 Å². The van der Waals surface area contributed by atoms with Crippen LogP contribution in [-0.2, 0) is 0 Å². The van der Waals surface area contributed by atoms with E-state index in [1.54, 1.807) is 0 Å². The van der Waals surface area contributed by atoms with E-state index in [0.717, 1.165) is 12.5 Å². The standard InChI is InChI=1S/C12H22F3N/c1-10-3-5-11(6-4-10)9-16-8-2-7-12(13,14)15/h10-11,16H,2-9H2,1H3. The molecule has 0 unspecified atom stereocenters. The summed E-state index contributed by atoms with van der Waals surface area (Å²) >= 11 is 0. The van der Waals surface area contributed by atoms with Crippen LogP contribution >= 0.6 is 0 Å². The van der Waals surface area contributed by atoms with Crippen LogP contribution in [-0.4, -0.2) is 19.3 Å². The molecule has 0 aromatic heterocycles. The molecule has 0 aromatic carbocycles. The zero-order chi connectivity index (χ0) is 12.0. The van der Waals surface area contributed by atoms with E-state index in [4.69, 9.17) is 0 Å². The van der Waals surface area contributed by atoms with E-state index in [2.05, 4.69) is 12.2 Å². The molecule has 4 heteroatoms. The molecule has 0 bridgehead atoms. The van der Waals surface area contributed by atoms with E-state index in [0.29, 0.717) is 12.5 Å². The van der Waals surface area contributed by atoms with Gasteiger partial charge in [-0.15, -0.1) is 0 Å². The fourth-order valence-electron chi connectivity index (χ4n) is 2.25. The lowest BCUT2D eigenvalue weighted by atomic mass is 9.83. The van der Waals surface area contributed by atoms with Crippen molar-refractivity contribution in [3.63, 3.8) is 0 Å². The second kappa shape index (κ2) is 6.48. The van der Waals surface area contributed by atoms with Crippen molar-refractivity contribution in [2.45, 2.75) is 51.6 Å². The third-order valence-electron chi connectivity index (χ3n) is 3.38. The lowest BCUT2D eigenvalue weighted by molar-refractivity contribution is -0.135. The van der Waals surface area contributed by atoms with Crippen molar-refractivity contribution in [1.82, 2.24) is 5.32 Å². The highest BCUT2D eigenvalue weighted by molar-refractivity contribution is 4.71. The Kier molecular flexibility index (Phi) is 5.59. The second-order valence-electron chi connectivity index (χ2n) is 5.05. The first kappa shape index (κ1) is 13.8. The molecule has 1 saturated carbocycles. The Morgan fingerprint density at radius 1 is 1.12 bits per heavy atom. The monoisotopic (exact) mass is 237 g/mol. The molecule has 1 nitrogen and oxygen atoms in total. The Labute approximate surface area is 95.8 Å². The number of alkyl halides is 3. The highest BCUT2D eigenvalue weighted by Crippen LogP contribution is 2.27. The molecular formula is C12H22F3N. The molecule has 16 heavy (non-hydrogen) atoms. The molecule has 0 aliphatic heterocycles. The highest BCUT2D eigenvalue weighted by atomic mass is 19.4. The van der Waals surface area contributed by atoms with Gasteiger partial charge in [-0.2, -0.15) is 13.2 Å². The summed E-state index contributed by atoms with van der Waals surface area (Å²) in [6.07, 6.45) is 0.543. The number of hydrogen-bond donors (Lipinski definition) is 1. The van der Waals surface area contributed by atoms with Gasteiger partial charge in [-0.3, -0.25) is 0 Å². The Hall–Kier alpha value is -0.250. The summed E-state index contributed by atoms with van der Waals surface area (Å²) in [5, 5.41) is 3.14. The van der Waals surface area contributed by atoms with Crippen molar-refractivity contribution in [2.24, 2.45) is 11.8 Å². The van der Waals surface area contributed by atoms with Gasteiger partial charge in [0.15, 0.2) is 0 Å². The minimum absolute atomic E-state index is 0.201. The van der Waals surface area contributed by atoms with E-state index < -0.39 is 12.6 Å². The molecule has 0 spiro atoms. The molecule has 0 amide bonds. The molecular weight excluding hydrogens is 215 g/mol. The minimum atomic E-state index is -4.00. The van der Waals surface area contributed by atoms with Crippen LogP contribution in [0.15, 0.2) is 0 Å². The van der Waals surface area contributed by atoms with Gasteiger partial charge in [0.25, 0.3) is 0 Å². The maximum absolute atomic E-state index is 11.9. The summed E-state index contributed by atoms with van der Waals surface area (Å²) in [5.41, 5.74) is 0. The Morgan fingerprint density at radius 3 is 2.31 bits per heavy atom. The van der Waals surface area contributed by atoms with Crippen LogP contribution in [0.1, 0.15) is 45.4 Å². The number of hydrogen-bond acceptors (Lipinski definition) is 1. The molecule has 1 aliphatic carbocycles. The maximum Gasteiger partial charge on any atom is 0.389 e. The summed E-state index contributed by atoms with van der Waals surface area (Å²) in [7, 11) is 0. The fraction of sp³-hybridized carbons (Fsp3) is 1.00. The zero-order valence-corrected chi connectivity index (χ0v) is 9.95. The van der Waals surface area contributed by atoms with Crippen LogP contribution in [0, 0.1) is 11.8 Å². The van der Waals surface area contributed by atoms with Gasteiger partial charge in [0.05, 0.1) is 0 Å². The largest absolute Gasteiger partial charge is 0.389 e. The molecule has 1 rings (SSSR count). The summed E-state index contributed by atoms with van der Waals surface area (Å²) < 4.78 is 35.6. The first-order valence-electron chi connectivity index (χ1n) is 6.25. The quantitative estimate of drug-likeness (QED) is 0.718. The predicted octanol–water partition coefficient (Wildman–Crippen LogP) is 3.74. The van der Waals surface area contributed by atoms with Crippen molar-refractivity contribution in [3.05, 3.63) is 0 Å². The Balaban J connectivity index is 1.95. The van der Waals surface area contributed by atoms with Crippen LogP contribution < -0.4 is 5.32 Å². The van der Waals surface area contributed by atoms with E-state index in [9.17, 15) is 13.2 Å². The first-order valence-corrected chi connectivity index (χ1v) is 6.25. The van der Waals surface area contributed by atoms with Crippen molar-refractivity contribution in [2.75, 3.05) is 13.1 Å². The van der Waals surface area contributed by atoms with Gasteiger partial charge in [0.1, 0.15) is 0 Å². The number of halogens is 3. The molecule has 1 aliphatic rings. The average molecular weight is 237 g/mol. The highest BCUT2D eigenvalue weighted by Gasteiger charge is 2.25.